The third kappa shape index (κ3) is 3.69. The number of carbonyl (C=O) groups excluding carboxylic acids is 2. The normalized spacial score (nSPS) is 51.0. The lowest BCUT2D eigenvalue weighted by Crippen LogP contribution is -2.64. The van der Waals surface area contributed by atoms with Crippen molar-refractivity contribution in [1.29, 1.82) is 0 Å². The van der Waals surface area contributed by atoms with E-state index in [1.807, 2.05) is 6.08 Å². The Bertz CT molecular complexity index is 1140. The molecule has 39 heavy (non-hydrogen) atoms. The van der Waals surface area contributed by atoms with Crippen LogP contribution >= 0.6 is 0 Å². The maximum atomic E-state index is 13.0. The number of epoxide rings is 1. The first kappa shape index (κ1) is 27.7. The molecule has 216 valence electrons. The molecule has 0 aromatic heterocycles. The summed E-state index contributed by atoms with van der Waals surface area (Å²) in [6.07, 6.45) is 11.0. The van der Waals surface area contributed by atoms with Crippen molar-refractivity contribution in [2.45, 2.75) is 118 Å². The molecule has 6 aliphatic rings. The van der Waals surface area contributed by atoms with Gasteiger partial charge >= 0.3 is 5.97 Å². The van der Waals surface area contributed by atoms with Gasteiger partial charge in [-0.15, -0.1) is 0 Å². The van der Waals surface area contributed by atoms with Crippen molar-refractivity contribution in [3.05, 3.63) is 23.8 Å². The van der Waals surface area contributed by atoms with Gasteiger partial charge in [-0.05, 0) is 80.6 Å². The number of methoxy groups -OCH3 is 1. The minimum atomic E-state index is -0.489. The Morgan fingerprint density at radius 1 is 1.05 bits per heavy atom. The molecule has 4 aliphatic carbocycles. The fraction of sp³-hybridized carbons (Fsp3) is 0.818. The molecule has 2 saturated heterocycles. The summed E-state index contributed by atoms with van der Waals surface area (Å²) in [5, 5.41) is 0. The highest BCUT2D eigenvalue weighted by atomic mass is 16.7. The van der Waals surface area contributed by atoms with Gasteiger partial charge < -0.3 is 18.9 Å². The summed E-state index contributed by atoms with van der Waals surface area (Å²) in [4.78, 5) is 25.6. The molecule has 6 nitrogen and oxygen atoms in total. The lowest BCUT2D eigenvalue weighted by atomic mass is 9.38. The van der Waals surface area contributed by atoms with Crippen LogP contribution in [0.25, 0.3) is 0 Å². The summed E-state index contributed by atoms with van der Waals surface area (Å²) in [6.45, 7) is 17.1. The van der Waals surface area contributed by atoms with Crippen LogP contribution in [0.2, 0.25) is 0 Å². The summed E-state index contributed by atoms with van der Waals surface area (Å²) >= 11 is 0. The fourth-order valence-corrected chi connectivity index (χ4v) is 10.6. The first-order valence-corrected chi connectivity index (χ1v) is 15.1. The molecule has 0 amide bonds. The second-order valence-corrected chi connectivity index (χ2v) is 15.2. The van der Waals surface area contributed by atoms with E-state index in [1.54, 1.807) is 7.11 Å². The second-order valence-electron chi connectivity index (χ2n) is 15.2. The highest BCUT2D eigenvalue weighted by molar-refractivity contribution is 5.95. The number of fused-ring (bicyclic) bond motifs is 5. The number of carbonyl (C=O) groups is 2. The molecule has 11 atom stereocenters. The Kier molecular flexibility index (Phi) is 6.04. The van der Waals surface area contributed by atoms with E-state index in [2.05, 4.69) is 60.6 Å². The van der Waals surface area contributed by atoms with Crippen molar-refractivity contribution in [2.24, 2.45) is 45.3 Å². The van der Waals surface area contributed by atoms with Crippen LogP contribution in [0.1, 0.15) is 87.5 Å². The molecule has 0 bridgehead atoms. The summed E-state index contributed by atoms with van der Waals surface area (Å²) in [5.74, 6) is 1.02. The van der Waals surface area contributed by atoms with Crippen molar-refractivity contribution in [3.8, 4) is 0 Å². The Morgan fingerprint density at radius 2 is 1.74 bits per heavy atom. The topological polar surface area (TPSA) is 74.4 Å². The molecule has 2 saturated carbocycles. The quantitative estimate of drug-likeness (QED) is 0.246. The number of esters is 1. The van der Waals surface area contributed by atoms with Gasteiger partial charge in [-0.2, -0.15) is 0 Å². The van der Waals surface area contributed by atoms with Gasteiger partial charge in [0.1, 0.15) is 12.2 Å². The van der Waals surface area contributed by atoms with Gasteiger partial charge in [-0.1, -0.05) is 52.3 Å². The van der Waals surface area contributed by atoms with Gasteiger partial charge in [-0.3, -0.25) is 9.59 Å². The van der Waals surface area contributed by atoms with Crippen molar-refractivity contribution < 1.29 is 28.5 Å². The first-order valence-electron chi connectivity index (χ1n) is 15.1. The number of rotatable bonds is 4. The smallest absolute Gasteiger partial charge is 0.302 e. The van der Waals surface area contributed by atoms with Gasteiger partial charge in [0.05, 0.1) is 11.7 Å². The molecule has 0 spiro atoms. The highest BCUT2D eigenvalue weighted by Crippen LogP contribution is 2.73. The predicted octanol–water partition coefficient (Wildman–Crippen LogP) is 6.03. The molecule has 0 N–H and O–H groups in total. The van der Waals surface area contributed by atoms with Crippen LogP contribution in [0.5, 0.6) is 0 Å². The minimum absolute atomic E-state index is 0.0316. The lowest BCUT2D eigenvalue weighted by Gasteiger charge is -2.66. The molecule has 6 heteroatoms. The van der Waals surface area contributed by atoms with E-state index in [-0.39, 0.29) is 76.0 Å². The molecular weight excluding hydrogens is 492 g/mol. The fourth-order valence-electron chi connectivity index (χ4n) is 10.6. The van der Waals surface area contributed by atoms with Gasteiger partial charge in [0, 0.05) is 30.8 Å². The molecule has 0 radical (unpaired) electrons. The van der Waals surface area contributed by atoms with E-state index in [0.717, 1.165) is 25.7 Å². The molecule has 0 aromatic rings. The molecule has 2 heterocycles. The zero-order valence-electron chi connectivity index (χ0n) is 25.3. The average Bonchev–Trinajstić information content (AvgIpc) is 3.16. The van der Waals surface area contributed by atoms with Crippen LogP contribution < -0.4 is 0 Å². The summed E-state index contributed by atoms with van der Waals surface area (Å²) < 4.78 is 24.6. The largest absolute Gasteiger partial charge is 0.462 e. The van der Waals surface area contributed by atoms with Crippen LogP contribution in [0.15, 0.2) is 23.8 Å². The van der Waals surface area contributed by atoms with Crippen LogP contribution in [0.4, 0.5) is 0 Å². The Balaban J connectivity index is 1.37. The number of hydrogen-bond acceptors (Lipinski definition) is 6. The van der Waals surface area contributed by atoms with Crippen LogP contribution in [-0.4, -0.2) is 49.1 Å². The number of allylic oxidation sites excluding steroid dienone is 3. The SMILES string of the molecule is CO[C@H]1O[C@@H]([C@@H]2OC2(C)C)C[C@H]1[C@@H]1CC=C2[C@@]3(C)[C@H](CC[C@]21C)[C@@]1(C)C=CC(=O)C(C)(C)[C@@H]1C[C@H]3OC(C)=O. The minimum Gasteiger partial charge on any atom is -0.462 e. The first-order chi connectivity index (χ1) is 18.1. The zero-order valence-corrected chi connectivity index (χ0v) is 25.3. The van der Waals surface area contributed by atoms with E-state index in [1.165, 1.54) is 12.5 Å². The van der Waals surface area contributed by atoms with Gasteiger partial charge in [0.15, 0.2) is 12.1 Å². The molecule has 2 aliphatic heterocycles. The zero-order chi connectivity index (χ0) is 28.3. The Morgan fingerprint density at radius 3 is 2.36 bits per heavy atom. The Hall–Kier alpha value is -1.50. The molecular formula is C33H48O6. The van der Waals surface area contributed by atoms with Crippen molar-refractivity contribution in [3.63, 3.8) is 0 Å². The van der Waals surface area contributed by atoms with E-state index in [9.17, 15) is 9.59 Å². The van der Waals surface area contributed by atoms with E-state index in [4.69, 9.17) is 18.9 Å². The van der Waals surface area contributed by atoms with E-state index in [0.29, 0.717) is 12.3 Å². The van der Waals surface area contributed by atoms with Gasteiger partial charge in [-0.25, -0.2) is 0 Å². The van der Waals surface area contributed by atoms with Crippen LogP contribution in [0.3, 0.4) is 0 Å². The van der Waals surface area contributed by atoms with Crippen molar-refractivity contribution in [1.82, 2.24) is 0 Å². The van der Waals surface area contributed by atoms with Gasteiger partial charge in [0.25, 0.3) is 0 Å². The Labute approximate surface area is 234 Å². The van der Waals surface area contributed by atoms with Crippen LogP contribution in [0, 0.1) is 45.3 Å². The predicted molar refractivity (Wildman–Crippen MR) is 148 cm³/mol. The van der Waals surface area contributed by atoms with Crippen molar-refractivity contribution in [2.75, 3.05) is 7.11 Å². The molecule has 6 rings (SSSR count). The number of ether oxygens (including phenoxy) is 4. The molecule has 0 unspecified atom stereocenters. The second kappa shape index (κ2) is 8.51. The molecule has 4 fully saturated rings. The lowest BCUT2D eigenvalue weighted by molar-refractivity contribution is -0.190. The standard InChI is InChI=1S/C33H48O6/c1-18(34)37-26-17-24-29(2,3)25(35)13-15-32(24,7)23-12-14-31(6)20(10-11-22(31)33(23,26)8)19-16-21(38-28(19)36-9)27-30(4,5)39-27/h11,13,15,19-21,23-24,26-28H,10,12,14,16-17H2,1-9H3/t19-,20-,21+,23+,24-,26+,27-,28-,31-,32+,33-/m0/s1. The average molecular weight is 541 g/mol. The van der Waals surface area contributed by atoms with Gasteiger partial charge in [0.2, 0.25) is 0 Å². The van der Waals surface area contributed by atoms with E-state index < -0.39 is 5.41 Å². The number of hydrogen-bond donors (Lipinski definition) is 0. The summed E-state index contributed by atoms with van der Waals surface area (Å²) in [6, 6.07) is 0. The molecule has 0 aromatic carbocycles. The van der Waals surface area contributed by atoms with Crippen molar-refractivity contribution >= 4 is 11.8 Å². The van der Waals surface area contributed by atoms with E-state index >= 15 is 0 Å². The maximum Gasteiger partial charge on any atom is 0.302 e. The number of ketones is 1. The maximum absolute atomic E-state index is 13.0. The van der Waals surface area contributed by atoms with Crippen LogP contribution in [-0.2, 0) is 28.5 Å². The monoisotopic (exact) mass is 540 g/mol. The third-order valence-electron chi connectivity index (χ3n) is 12.6. The summed E-state index contributed by atoms with van der Waals surface area (Å²) in [5.41, 5.74) is 0.358. The highest BCUT2D eigenvalue weighted by Gasteiger charge is 2.69. The summed E-state index contributed by atoms with van der Waals surface area (Å²) in [7, 11) is 1.76. The third-order valence-corrected chi connectivity index (χ3v) is 12.6.